The molecule has 0 spiro atoms. The van der Waals surface area contributed by atoms with E-state index in [2.05, 4.69) is 16.9 Å². The third-order valence-electron chi connectivity index (χ3n) is 0.964. The first-order valence-corrected chi connectivity index (χ1v) is 2.25. The number of nitrogens with zero attached hydrogens (tertiary/aromatic N) is 1. The highest BCUT2D eigenvalue weighted by Gasteiger charge is 2.11. The molecular weight excluding hydrogens is 104 g/mol. The molecule has 3 nitrogen and oxygen atoms in total. The summed E-state index contributed by atoms with van der Waals surface area (Å²) in [6.07, 6.45) is 0. The van der Waals surface area contributed by atoms with Crippen molar-refractivity contribution in [2.24, 2.45) is 4.99 Å². The van der Waals surface area contributed by atoms with Crippen LogP contribution in [0.4, 0.5) is 4.79 Å². The molecule has 0 aromatic heterocycles. The minimum Gasteiger partial charge on any atom is -0.305 e. The minimum atomic E-state index is -0.312. The van der Waals surface area contributed by atoms with Crippen LogP contribution >= 0.6 is 0 Å². The summed E-state index contributed by atoms with van der Waals surface area (Å²) in [5.74, 6) is 0. The molecule has 8 heavy (non-hydrogen) atoms. The number of urea groups is 1. The monoisotopic (exact) mass is 110 g/mol. The van der Waals surface area contributed by atoms with Gasteiger partial charge in [0, 0.05) is 0 Å². The maximum Gasteiger partial charge on any atom is 0.345 e. The molecule has 0 radical (unpaired) electrons. The quantitative estimate of drug-likeness (QED) is 0.489. The van der Waals surface area contributed by atoms with Crippen molar-refractivity contribution >= 4 is 11.7 Å². The van der Waals surface area contributed by atoms with E-state index in [-0.39, 0.29) is 6.03 Å². The molecule has 0 saturated heterocycles. The predicted octanol–water partition coefficient (Wildman–Crippen LogP) is 0.684. The summed E-state index contributed by atoms with van der Waals surface area (Å²) in [6.45, 7) is 5.26. The van der Waals surface area contributed by atoms with Gasteiger partial charge in [0.05, 0.1) is 11.4 Å². The number of carbonyl (C=O) groups excluding carboxylic acids is 1. The highest BCUT2D eigenvalue weighted by molar-refractivity contribution is 6.11. The summed E-state index contributed by atoms with van der Waals surface area (Å²) in [7, 11) is 0. The van der Waals surface area contributed by atoms with Crippen molar-refractivity contribution in [2.45, 2.75) is 6.92 Å². The first-order chi connectivity index (χ1) is 3.70. The summed E-state index contributed by atoms with van der Waals surface area (Å²) in [5.41, 5.74) is 1.28. The molecule has 1 N–H and O–H groups in total. The van der Waals surface area contributed by atoms with Gasteiger partial charge in [-0.2, -0.15) is 4.99 Å². The van der Waals surface area contributed by atoms with Gasteiger partial charge in [-0.3, -0.25) is 0 Å². The molecular formula is C5H6N2O. The first-order valence-electron chi connectivity index (χ1n) is 2.25. The smallest absolute Gasteiger partial charge is 0.305 e. The van der Waals surface area contributed by atoms with Crippen LogP contribution in [0, 0.1) is 0 Å². The number of aliphatic imine (C=N–C) groups is 1. The van der Waals surface area contributed by atoms with Gasteiger partial charge in [0.25, 0.3) is 0 Å². The molecule has 0 aromatic rings. The van der Waals surface area contributed by atoms with Crippen LogP contribution in [-0.4, -0.2) is 11.7 Å². The van der Waals surface area contributed by atoms with Gasteiger partial charge in [0.1, 0.15) is 0 Å². The van der Waals surface area contributed by atoms with Crippen molar-refractivity contribution in [2.75, 3.05) is 0 Å². The second-order valence-electron chi connectivity index (χ2n) is 1.61. The molecule has 0 unspecified atom stereocenters. The summed E-state index contributed by atoms with van der Waals surface area (Å²) < 4.78 is 0. The van der Waals surface area contributed by atoms with E-state index in [9.17, 15) is 4.79 Å². The molecule has 3 heteroatoms. The van der Waals surface area contributed by atoms with Crippen LogP contribution in [0.1, 0.15) is 6.92 Å². The lowest BCUT2D eigenvalue weighted by molar-refractivity contribution is 0.253. The molecule has 1 heterocycles. The van der Waals surface area contributed by atoms with Gasteiger partial charge in [0.2, 0.25) is 0 Å². The molecule has 1 rings (SSSR count). The Morgan fingerprint density at radius 2 is 2.38 bits per heavy atom. The average molecular weight is 110 g/mol. The van der Waals surface area contributed by atoms with E-state index in [0.717, 1.165) is 0 Å². The molecule has 0 bridgehead atoms. The van der Waals surface area contributed by atoms with Crippen molar-refractivity contribution in [1.82, 2.24) is 5.32 Å². The molecule has 42 valence electrons. The summed E-state index contributed by atoms with van der Waals surface area (Å²) in [6, 6.07) is -0.312. The van der Waals surface area contributed by atoms with Gasteiger partial charge in [-0.05, 0) is 6.92 Å². The molecule has 0 fully saturated rings. The standard InChI is InChI=1S/C5H6N2O/c1-3-4(2)7-5(8)6-3/h1H2,2H3,(H,6,8). The normalized spacial score (nSPS) is 18.4. The Morgan fingerprint density at radius 1 is 1.75 bits per heavy atom. The van der Waals surface area contributed by atoms with Gasteiger partial charge in [0.15, 0.2) is 0 Å². The van der Waals surface area contributed by atoms with E-state index in [1.165, 1.54) is 0 Å². The Balaban J connectivity index is 2.88. The first kappa shape index (κ1) is 5.03. The van der Waals surface area contributed by atoms with Crippen LogP contribution in [0.2, 0.25) is 0 Å². The van der Waals surface area contributed by atoms with E-state index in [0.29, 0.717) is 11.4 Å². The second-order valence-corrected chi connectivity index (χ2v) is 1.61. The van der Waals surface area contributed by atoms with Crippen LogP contribution in [0.15, 0.2) is 17.3 Å². The van der Waals surface area contributed by atoms with E-state index in [1.54, 1.807) is 6.92 Å². The minimum absolute atomic E-state index is 0.312. The molecule has 0 aromatic carbocycles. The lowest BCUT2D eigenvalue weighted by Gasteiger charge is -1.88. The molecule has 1 aliphatic heterocycles. The fraction of sp³-hybridized carbons (Fsp3) is 0.200. The Labute approximate surface area is 47.1 Å². The second kappa shape index (κ2) is 1.43. The topological polar surface area (TPSA) is 41.5 Å². The highest BCUT2D eigenvalue weighted by Crippen LogP contribution is 1.98. The Morgan fingerprint density at radius 3 is 2.50 bits per heavy atom. The van der Waals surface area contributed by atoms with Crippen LogP contribution in [0.25, 0.3) is 0 Å². The fourth-order valence-corrected chi connectivity index (χ4v) is 0.467. The summed E-state index contributed by atoms with van der Waals surface area (Å²) in [5, 5.41) is 2.43. The van der Waals surface area contributed by atoms with Gasteiger partial charge < -0.3 is 5.32 Å². The van der Waals surface area contributed by atoms with Crippen LogP contribution in [-0.2, 0) is 0 Å². The number of hydrogen-bond donors (Lipinski definition) is 1. The largest absolute Gasteiger partial charge is 0.345 e. The molecule has 0 saturated carbocycles. The number of nitrogens with one attached hydrogen (secondary N) is 1. The van der Waals surface area contributed by atoms with Gasteiger partial charge in [-0.15, -0.1) is 0 Å². The van der Waals surface area contributed by atoms with Gasteiger partial charge >= 0.3 is 6.03 Å². The average Bonchev–Trinajstić information content (AvgIpc) is 1.85. The lowest BCUT2D eigenvalue weighted by atomic mass is 10.4. The number of carbonyl (C=O) groups is 1. The van der Waals surface area contributed by atoms with Crippen LogP contribution in [0.5, 0.6) is 0 Å². The SMILES string of the molecule is C=C1NC(=O)N=C1C. The van der Waals surface area contributed by atoms with E-state index in [1.807, 2.05) is 0 Å². The maximum absolute atomic E-state index is 10.3. The predicted molar refractivity (Wildman–Crippen MR) is 30.8 cm³/mol. The van der Waals surface area contributed by atoms with Crippen LogP contribution in [0.3, 0.4) is 0 Å². The molecule has 0 atom stereocenters. The zero-order chi connectivity index (χ0) is 6.15. The summed E-state index contributed by atoms with van der Waals surface area (Å²) in [4.78, 5) is 13.8. The van der Waals surface area contributed by atoms with Crippen molar-refractivity contribution in [3.05, 3.63) is 12.3 Å². The van der Waals surface area contributed by atoms with Crippen LogP contribution < -0.4 is 5.32 Å². The van der Waals surface area contributed by atoms with E-state index >= 15 is 0 Å². The van der Waals surface area contributed by atoms with E-state index in [4.69, 9.17) is 0 Å². The number of amides is 2. The van der Waals surface area contributed by atoms with Gasteiger partial charge in [-0.25, -0.2) is 4.79 Å². The van der Waals surface area contributed by atoms with Crippen molar-refractivity contribution in [1.29, 1.82) is 0 Å². The van der Waals surface area contributed by atoms with E-state index < -0.39 is 0 Å². The molecule has 0 aliphatic carbocycles. The summed E-state index contributed by atoms with van der Waals surface area (Å²) >= 11 is 0. The zero-order valence-electron chi connectivity index (χ0n) is 4.56. The van der Waals surface area contributed by atoms with Gasteiger partial charge in [-0.1, -0.05) is 6.58 Å². The fourth-order valence-electron chi connectivity index (χ4n) is 0.467. The molecule has 1 aliphatic rings. The Kier molecular flexibility index (Phi) is 0.901. The number of rotatable bonds is 0. The zero-order valence-corrected chi connectivity index (χ0v) is 4.56. The lowest BCUT2D eigenvalue weighted by Crippen LogP contribution is -2.11. The molecule has 2 amide bonds. The number of hydrogen-bond acceptors (Lipinski definition) is 1. The maximum atomic E-state index is 10.3. The third-order valence-corrected chi connectivity index (χ3v) is 0.964. The third kappa shape index (κ3) is 0.621. The van der Waals surface area contributed by atoms with Crippen molar-refractivity contribution in [3.8, 4) is 0 Å². The van der Waals surface area contributed by atoms with Crippen molar-refractivity contribution < 1.29 is 4.79 Å². The number of allylic oxidation sites excluding steroid dienone is 1. The Hall–Kier alpha value is -1.12. The van der Waals surface area contributed by atoms with Crippen molar-refractivity contribution in [3.63, 3.8) is 0 Å². The highest BCUT2D eigenvalue weighted by atomic mass is 16.2. The Bertz CT molecular complexity index is 181.